The number of fused-ring (bicyclic) bond motifs is 1. The number of rotatable bonds is 6. The summed E-state index contributed by atoms with van der Waals surface area (Å²) < 4.78 is 16.1. The minimum atomic E-state index is -0.709. The second-order valence-electron chi connectivity index (χ2n) is 5.92. The van der Waals surface area contributed by atoms with Gasteiger partial charge in [0.15, 0.2) is 11.5 Å². The van der Waals surface area contributed by atoms with Gasteiger partial charge in [-0.1, -0.05) is 6.07 Å². The van der Waals surface area contributed by atoms with E-state index in [0.717, 1.165) is 17.7 Å². The van der Waals surface area contributed by atoms with Crippen molar-refractivity contribution in [1.29, 1.82) is 0 Å². The topological polar surface area (TPSA) is 80.3 Å². The molecule has 1 heterocycles. The van der Waals surface area contributed by atoms with Gasteiger partial charge in [0.25, 0.3) is 0 Å². The highest BCUT2D eigenvalue weighted by atomic mass is 16.5. The SMILES string of the molecule is COC[C@H](O)CN(C)C(=O)N[C@@H](C)c1ccc2c(c1)OCCCO2. The van der Waals surface area contributed by atoms with E-state index in [-0.39, 0.29) is 25.2 Å². The first-order valence-electron chi connectivity index (χ1n) is 8.09. The maximum absolute atomic E-state index is 12.2. The zero-order valence-corrected chi connectivity index (χ0v) is 14.4. The second-order valence-corrected chi connectivity index (χ2v) is 5.92. The van der Waals surface area contributed by atoms with Gasteiger partial charge in [0.1, 0.15) is 0 Å². The molecule has 0 spiro atoms. The number of hydrogen-bond acceptors (Lipinski definition) is 5. The molecule has 0 saturated heterocycles. The third-order valence-electron chi connectivity index (χ3n) is 3.80. The van der Waals surface area contributed by atoms with Crippen LogP contribution in [0.2, 0.25) is 0 Å². The van der Waals surface area contributed by atoms with Crippen LogP contribution in [0, 0.1) is 0 Å². The lowest BCUT2D eigenvalue weighted by Crippen LogP contribution is -2.43. The summed E-state index contributed by atoms with van der Waals surface area (Å²) in [5.41, 5.74) is 0.929. The zero-order valence-electron chi connectivity index (χ0n) is 14.4. The van der Waals surface area contributed by atoms with E-state index in [9.17, 15) is 9.90 Å². The number of aliphatic hydroxyl groups excluding tert-OH is 1. The number of urea groups is 1. The Morgan fingerprint density at radius 1 is 1.38 bits per heavy atom. The van der Waals surface area contributed by atoms with Crippen molar-refractivity contribution in [1.82, 2.24) is 10.2 Å². The molecule has 2 amide bonds. The Balaban J connectivity index is 1.95. The van der Waals surface area contributed by atoms with Gasteiger partial charge >= 0.3 is 6.03 Å². The summed E-state index contributed by atoms with van der Waals surface area (Å²) in [4.78, 5) is 13.7. The fraction of sp³-hybridized carbons (Fsp3) is 0.588. The van der Waals surface area contributed by atoms with Crippen molar-refractivity contribution in [2.24, 2.45) is 0 Å². The molecule has 134 valence electrons. The van der Waals surface area contributed by atoms with E-state index in [1.165, 1.54) is 12.0 Å². The van der Waals surface area contributed by atoms with Gasteiger partial charge in [-0.2, -0.15) is 0 Å². The van der Waals surface area contributed by atoms with Gasteiger partial charge in [-0.15, -0.1) is 0 Å². The number of methoxy groups -OCH3 is 1. The lowest BCUT2D eigenvalue weighted by molar-refractivity contribution is 0.0488. The van der Waals surface area contributed by atoms with Crippen LogP contribution in [0.15, 0.2) is 18.2 Å². The Morgan fingerprint density at radius 3 is 2.79 bits per heavy atom. The first-order chi connectivity index (χ1) is 11.5. The molecule has 2 atom stereocenters. The summed E-state index contributed by atoms with van der Waals surface area (Å²) in [6.07, 6.45) is 0.143. The third-order valence-corrected chi connectivity index (χ3v) is 3.80. The van der Waals surface area contributed by atoms with Crippen LogP contribution in [-0.4, -0.2) is 62.7 Å². The van der Waals surface area contributed by atoms with E-state index < -0.39 is 6.10 Å². The van der Waals surface area contributed by atoms with Crippen LogP contribution >= 0.6 is 0 Å². The minimum Gasteiger partial charge on any atom is -0.490 e. The average Bonchev–Trinajstić information content (AvgIpc) is 2.79. The molecule has 1 aromatic rings. The largest absolute Gasteiger partial charge is 0.490 e. The van der Waals surface area contributed by atoms with Gasteiger partial charge < -0.3 is 29.5 Å². The molecule has 24 heavy (non-hydrogen) atoms. The van der Waals surface area contributed by atoms with E-state index >= 15 is 0 Å². The van der Waals surface area contributed by atoms with E-state index in [4.69, 9.17) is 14.2 Å². The first kappa shape index (κ1) is 18.4. The van der Waals surface area contributed by atoms with Crippen molar-refractivity contribution < 1.29 is 24.1 Å². The quantitative estimate of drug-likeness (QED) is 0.823. The molecule has 0 unspecified atom stereocenters. The number of nitrogens with zero attached hydrogens (tertiary/aromatic N) is 1. The van der Waals surface area contributed by atoms with E-state index in [2.05, 4.69) is 5.32 Å². The van der Waals surface area contributed by atoms with E-state index in [1.807, 2.05) is 25.1 Å². The summed E-state index contributed by atoms with van der Waals surface area (Å²) in [5, 5.41) is 12.6. The average molecular weight is 338 g/mol. The summed E-state index contributed by atoms with van der Waals surface area (Å²) in [6, 6.07) is 5.22. The Kier molecular flexibility index (Phi) is 6.69. The number of amides is 2. The molecule has 7 heteroatoms. The number of carbonyl (C=O) groups excluding carboxylic acids is 1. The van der Waals surface area contributed by atoms with Crippen molar-refractivity contribution in [3.05, 3.63) is 23.8 Å². The molecule has 1 aromatic carbocycles. The smallest absolute Gasteiger partial charge is 0.317 e. The Hall–Kier alpha value is -1.99. The third kappa shape index (κ3) is 5.01. The Labute approximate surface area is 142 Å². The predicted octanol–water partition coefficient (Wildman–Crippen LogP) is 1.56. The van der Waals surface area contributed by atoms with Crippen LogP contribution in [0.4, 0.5) is 4.79 Å². The fourth-order valence-corrected chi connectivity index (χ4v) is 2.47. The lowest BCUT2D eigenvalue weighted by Gasteiger charge is -2.24. The number of ether oxygens (including phenoxy) is 3. The van der Waals surface area contributed by atoms with Crippen LogP contribution in [0.3, 0.4) is 0 Å². The fourth-order valence-electron chi connectivity index (χ4n) is 2.47. The molecule has 0 radical (unpaired) electrons. The number of carbonyl (C=O) groups is 1. The molecule has 1 aliphatic heterocycles. The predicted molar refractivity (Wildman–Crippen MR) is 89.5 cm³/mol. The minimum absolute atomic E-state index is 0.190. The van der Waals surface area contributed by atoms with Crippen LogP contribution in [0.25, 0.3) is 0 Å². The Bertz CT molecular complexity index is 552. The molecular weight excluding hydrogens is 312 g/mol. The number of nitrogens with one attached hydrogen (secondary N) is 1. The van der Waals surface area contributed by atoms with E-state index in [1.54, 1.807) is 7.05 Å². The number of likely N-dealkylation sites (N-methyl/N-ethyl adjacent to an activating group) is 1. The first-order valence-corrected chi connectivity index (χ1v) is 8.09. The van der Waals surface area contributed by atoms with Crippen molar-refractivity contribution in [2.75, 3.05) is 40.5 Å². The van der Waals surface area contributed by atoms with Crippen LogP contribution in [-0.2, 0) is 4.74 Å². The van der Waals surface area contributed by atoms with Crippen LogP contribution in [0.1, 0.15) is 24.9 Å². The molecular formula is C17H26N2O5. The monoisotopic (exact) mass is 338 g/mol. The molecule has 2 N–H and O–H groups in total. The molecule has 2 rings (SSSR count). The van der Waals surface area contributed by atoms with Gasteiger partial charge in [0, 0.05) is 20.6 Å². The normalized spacial score (nSPS) is 16.0. The highest BCUT2D eigenvalue weighted by Gasteiger charge is 2.18. The number of hydrogen-bond donors (Lipinski definition) is 2. The zero-order chi connectivity index (χ0) is 17.5. The number of benzene rings is 1. The summed E-state index contributed by atoms with van der Waals surface area (Å²) in [7, 11) is 3.14. The van der Waals surface area contributed by atoms with Crippen LogP contribution in [0.5, 0.6) is 11.5 Å². The van der Waals surface area contributed by atoms with Crippen molar-refractivity contribution in [3.63, 3.8) is 0 Å². The number of aliphatic hydroxyl groups is 1. The summed E-state index contributed by atoms with van der Waals surface area (Å²) >= 11 is 0. The van der Waals surface area contributed by atoms with Gasteiger partial charge in [-0.05, 0) is 24.6 Å². The van der Waals surface area contributed by atoms with Gasteiger partial charge in [0.05, 0.1) is 38.5 Å². The van der Waals surface area contributed by atoms with E-state index in [0.29, 0.717) is 19.0 Å². The maximum Gasteiger partial charge on any atom is 0.317 e. The highest BCUT2D eigenvalue weighted by Crippen LogP contribution is 2.32. The van der Waals surface area contributed by atoms with Gasteiger partial charge in [-0.25, -0.2) is 4.79 Å². The summed E-state index contributed by atoms with van der Waals surface area (Å²) in [5.74, 6) is 1.43. The molecule has 1 aliphatic rings. The molecule has 0 bridgehead atoms. The standard InChI is InChI=1S/C17H26N2O5/c1-12(18-17(21)19(2)10-14(20)11-22-3)13-5-6-15-16(9-13)24-8-4-7-23-15/h5-6,9,12,14,20H,4,7-8,10-11H2,1-3H3,(H,18,21)/t12-,14+/m0/s1. The maximum atomic E-state index is 12.2. The van der Waals surface area contributed by atoms with Crippen molar-refractivity contribution in [2.45, 2.75) is 25.5 Å². The van der Waals surface area contributed by atoms with Gasteiger partial charge in [0.2, 0.25) is 0 Å². The molecule has 7 nitrogen and oxygen atoms in total. The molecule has 0 fully saturated rings. The van der Waals surface area contributed by atoms with Gasteiger partial charge in [-0.3, -0.25) is 0 Å². The molecule has 0 saturated carbocycles. The highest BCUT2D eigenvalue weighted by molar-refractivity contribution is 5.74. The Morgan fingerprint density at radius 2 is 2.08 bits per heavy atom. The van der Waals surface area contributed by atoms with Crippen LogP contribution < -0.4 is 14.8 Å². The second kappa shape index (κ2) is 8.75. The molecule has 0 aromatic heterocycles. The molecule has 0 aliphatic carbocycles. The van der Waals surface area contributed by atoms with Crippen molar-refractivity contribution >= 4 is 6.03 Å². The van der Waals surface area contributed by atoms with Crippen molar-refractivity contribution in [3.8, 4) is 11.5 Å². The lowest BCUT2D eigenvalue weighted by atomic mass is 10.1. The summed E-state index contributed by atoms with van der Waals surface area (Å²) in [6.45, 7) is 3.56.